The third-order valence-electron chi connectivity index (χ3n) is 15.5. The minimum atomic E-state index is -3.04. The molecule has 0 radical (unpaired) electrons. The first-order valence-corrected chi connectivity index (χ1v) is 24.8. The molecule has 288 valence electrons. The predicted octanol–water partition coefficient (Wildman–Crippen LogP) is 9.67. The van der Waals surface area contributed by atoms with Gasteiger partial charge in [0.1, 0.15) is 11.0 Å². The van der Waals surface area contributed by atoms with Crippen LogP contribution in [0, 0.1) is 0 Å². The summed E-state index contributed by atoms with van der Waals surface area (Å²) in [5.41, 5.74) is 12.2. The molecule has 6 heteroatoms. The van der Waals surface area contributed by atoms with Crippen LogP contribution in [0.4, 0.5) is 0 Å². The molecule has 0 amide bonds. The first kappa shape index (κ1) is 32.1. The fraction of sp³-hybridized carbons (Fsp3) is 0.0175. The number of benzene rings is 9. The maximum atomic E-state index is 2.81. The third-order valence-corrected chi connectivity index (χ3v) is 21.4. The van der Waals surface area contributed by atoms with E-state index in [0.29, 0.717) is 0 Å². The van der Waals surface area contributed by atoms with Gasteiger partial charge in [0.25, 0.3) is 0 Å². The second-order valence-corrected chi connectivity index (χ2v) is 22.7. The summed E-state index contributed by atoms with van der Waals surface area (Å²) < 4.78 is 13.5. The largest absolute Gasteiger partial charge is 0.309 e. The SMILES string of the molecule is c1ccc([Si]2(c3ccccc3)c3ccc4c5ccccc5n5c6ccccc6[n+]6c5c4c3C63c4c2ccc2c5cc6c(cc5n5c7ccccc7[n+]3c5c42)sc2ccccc26)cc1. The van der Waals surface area contributed by atoms with Gasteiger partial charge in [0.05, 0.1) is 21.9 Å². The molecule has 0 saturated carbocycles. The van der Waals surface area contributed by atoms with Gasteiger partial charge >= 0.3 is 17.0 Å². The zero-order valence-electron chi connectivity index (χ0n) is 33.7. The molecule has 0 bridgehead atoms. The highest BCUT2D eigenvalue weighted by molar-refractivity contribution is 7.26. The number of hydrogen-bond acceptors (Lipinski definition) is 1. The summed E-state index contributed by atoms with van der Waals surface area (Å²) >= 11 is 1.91. The fourth-order valence-electron chi connectivity index (χ4n) is 13.4. The first-order chi connectivity index (χ1) is 31.3. The number of thiophene rings is 1. The third kappa shape index (κ3) is 3.24. The second kappa shape index (κ2) is 10.5. The van der Waals surface area contributed by atoms with Crippen LogP contribution in [0.3, 0.4) is 0 Å². The Labute approximate surface area is 364 Å². The molecule has 17 rings (SSSR count). The normalized spacial score (nSPS) is 16.8. The van der Waals surface area contributed by atoms with Crippen molar-refractivity contribution in [1.29, 1.82) is 0 Å². The van der Waals surface area contributed by atoms with Crippen molar-refractivity contribution in [3.63, 3.8) is 0 Å². The van der Waals surface area contributed by atoms with Crippen molar-refractivity contribution in [2.75, 3.05) is 0 Å². The highest BCUT2D eigenvalue weighted by Crippen LogP contribution is 2.53. The topological polar surface area (TPSA) is 16.6 Å². The lowest BCUT2D eigenvalue weighted by Crippen LogP contribution is -2.84. The van der Waals surface area contributed by atoms with E-state index < -0.39 is 13.7 Å². The molecule has 1 spiro atoms. The Morgan fingerprint density at radius 3 is 1.52 bits per heavy atom. The van der Waals surface area contributed by atoms with Gasteiger partial charge in [-0.25, -0.2) is 0 Å². The van der Waals surface area contributed by atoms with E-state index >= 15 is 0 Å². The maximum Gasteiger partial charge on any atom is 0.309 e. The molecule has 9 aromatic carbocycles. The van der Waals surface area contributed by atoms with Crippen LogP contribution >= 0.6 is 11.3 Å². The van der Waals surface area contributed by atoms with E-state index in [0.717, 1.165) is 0 Å². The van der Waals surface area contributed by atoms with E-state index in [4.69, 9.17) is 0 Å². The standard InChI is InChI=1S/C57H32N4SSi/c1-3-15-33(16-4-1)63(34-17-5-2-6-18-34)49-29-27-37-35-19-7-9-21-41(35)58-42-22-10-12-24-44(42)60-55(58)51(37)53(49)57(60)54-50(63)30-28-38-39-31-40-36-20-8-14-26-47(36)62-48(40)32-46(39)59-43-23-11-13-25-45(43)61(57)56(59)52(38)54/h1-32H/q+2. The van der Waals surface area contributed by atoms with Crippen LogP contribution in [-0.2, 0) is 5.66 Å². The summed E-state index contributed by atoms with van der Waals surface area (Å²) in [5.74, 6) is 0. The molecule has 3 aliphatic heterocycles. The number of aromatic nitrogens is 4. The molecule has 1 unspecified atom stereocenters. The lowest BCUT2D eigenvalue weighted by molar-refractivity contribution is -0.923. The van der Waals surface area contributed by atoms with E-state index in [1.807, 2.05) is 11.3 Å². The monoisotopic (exact) mass is 832 g/mol. The Kier molecular flexibility index (Phi) is 5.36. The molecular weight excluding hydrogens is 801 g/mol. The van der Waals surface area contributed by atoms with Gasteiger partial charge in [-0.1, -0.05) is 146 Å². The van der Waals surface area contributed by atoms with Gasteiger partial charge in [-0.15, -0.1) is 11.3 Å². The minimum absolute atomic E-state index is 0.726. The van der Waals surface area contributed by atoms with Crippen molar-refractivity contribution in [2.24, 2.45) is 0 Å². The molecule has 0 saturated heterocycles. The first-order valence-electron chi connectivity index (χ1n) is 21.9. The van der Waals surface area contributed by atoms with E-state index in [2.05, 4.69) is 212 Å². The molecule has 5 aromatic heterocycles. The quantitative estimate of drug-likeness (QED) is 0.0939. The van der Waals surface area contributed by atoms with Gasteiger partial charge in [-0.3, -0.25) is 0 Å². The van der Waals surface area contributed by atoms with E-state index in [1.165, 1.54) is 129 Å². The predicted molar refractivity (Wildman–Crippen MR) is 262 cm³/mol. The molecule has 14 aromatic rings. The van der Waals surface area contributed by atoms with Crippen LogP contribution in [0.15, 0.2) is 194 Å². The molecule has 8 heterocycles. The smallest absolute Gasteiger partial charge is 0.187 e. The van der Waals surface area contributed by atoms with Gasteiger partial charge in [-0.2, -0.15) is 17.9 Å². The lowest BCUT2D eigenvalue weighted by atomic mass is 9.86. The fourth-order valence-corrected chi connectivity index (χ4v) is 19.8. The number of nitrogens with zero attached hydrogens (tertiary/aromatic N) is 4. The van der Waals surface area contributed by atoms with Crippen molar-refractivity contribution >= 4 is 137 Å². The summed E-state index contributed by atoms with van der Waals surface area (Å²) in [6, 6.07) is 74.8. The van der Waals surface area contributed by atoms with Crippen molar-refractivity contribution in [3.05, 3.63) is 205 Å². The highest BCUT2D eigenvalue weighted by Gasteiger charge is 2.70. The maximum absolute atomic E-state index is 3.04. The van der Waals surface area contributed by atoms with Crippen molar-refractivity contribution in [2.45, 2.75) is 5.66 Å². The number of fused-ring (bicyclic) bond motifs is 15. The zero-order valence-corrected chi connectivity index (χ0v) is 35.5. The minimum Gasteiger partial charge on any atom is -0.187 e. The summed E-state index contributed by atoms with van der Waals surface area (Å²) in [7, 11) is -3.04. The number of pyridine rings is 2. The summed E-state index contributed by atoms with van der Waals surface area (Å²) in [4.78, 5) is 0. The molecule has 4 nitrogen and oxygen atoms in total. The highest BCUT2D eigenvalue weighted by atomic mass is 32.1. The average Bonchev–Trinajstić information content (AvgIpc) is 4.14. The molecule has 63 heavy (non-hydrogen) atoms. The van der Waals surface area contributed by atoms with Crippen LogP contribution < -0.4 is 29.9 Å². The average molecular weight is 833 g/mol. The number of hydrogen-bond donors (Lipinski definition) is 0. The Morgan fingerprint density at radius 1 is 0.381 bits per heavy atom. The molecule has 3 aliphatic rings. The van der Waals surface area contributed by atoms with E-state index in [-0.39, 0.29) is 0 Å². The van der Waals surface area contributed by atoms with E-state index in [9.17, 15) is 0 Å². The van der Waals surface area contributed by atoms with Crippen molar-refractivity contribution in [3.8, 4) is 0 Å². The van der Waals surface area contributed by atoms with Crippen LogP contribution in [-0.4, -0.2) is 16.9 Å². The zero-order chi connectivity index (χ0) is 40.5. The summed E-state index contributed by atoms with van der Waals surface area (Å²) in [6.07, 6.45) is 0. The van der Waals surface area contributed by atoms with Gasteiger partial charge in [0.2, 0.25) is 0 Å². The number of imidazole rings is 2. The summed E-state index contributed by atoms with van der Waals surface area (Å²) in [5, 5.41) is 16.4. The summed E-state index contributed by atoms with van der Waals surface area (Å²) in [6.45, 7) is 0. The van der Waals surface area contributed by atoms with Gasteiger partial charge in [0.15, 0.2) is 30.1 Å². The molecule has 1 atom stereocenters. The van der Waals surface area contributed by atoms with E-state index in [1.54, 1.807) is 0 Å². The Morgan fingerprint density at radius 2 is 0.889 bits per heavy atom. The molecule has 0 N–H and O–H groups in total. The number of para-hydroxylation sites is 5. The van der Waals surface area contributed by atoms with Crippen LogP contribution in [0.2, 0.25) is 0 Å². The molecular formula is C57H32N4SSi+2. The molecule has 0 fully saturated rings. The van der Waals surface area contributed by atoms with Crippen LogP contribution in [0.1, 0.15) is 11.1 Å². The Bertz CT molecular complexity index is 4470. The number of rotatable bonds is 2. The van der Waals surface area contributed by atoms with Crippen LogP contribution in [0.5, 0.6) is 0 Å². The van der Waals surface area contributed by atoms with Crippen molar-refractivity contribution in [1.82, 2.24) is 8.80 Å². The van der Waals surface area contributed by atoms with Crippen LogP contribution in [0.25, 0.3) is 96.9 Å². The van der Waals surface area contributed by atoms with Gasteiger partial charge < -0.3 is 0 Å². The Balaban J connectivity index is 1.23. The van der Waals surface area contributed by atoms with Gasteiger partial charge in [-0.05, 0) is 63.2 Å². The Hall–Kier alpha value is -7.64. The van der Waals surface area contributed by atoms with Gasteiger partial charge in [0, 0.05) is 47.8 Å². The van der Waals surface area contributed by atoms with Crippen molar-refractivity contribution < 1.29 is 9.13 Å². The second-order valence-electron chi connectivity index (χ2n) is 17.9. The lowest BCUT2D eigenvalue weighted by Gasteiger charge is -2.43. The molecule has 0 aliphatic carbocycles.